The summed E-state index contributed by atoms with van der Waals surface area (Å²) in [5, 5.41) is 5.69. The highest BCUT2D eigenvalue weighted by atomic mass is 32.1. The molecule has 1 aliphatic heterocycles. The number of fused-ring (bicyclic) bond motifs is 1. The average Bonchev–Trinajstić information content (AvgIpc) is 3.43. The Labute approximate surface area is 183 Å². The minimum absolute atomic E-state index is 0.0158. The van der Waals surface area contributed by atoms with Crippen molar-refractivity contribution in [2.24, 2.45) is 0 Å². The summed E-state index contributed by atoms with van der Waals surface area (Å²) in [4.78, 5) is 24.9. The molecule has 0 bridgehead atoms. The number of benzene rings is 1. The lowest BCUT2D eigenvalue weighted by Gasteiger charge is -2.16. The second kappa shape index (κ2) is 7.70. The highest BCUT2D eigenvalue weighted by Gasteiger charge is 2.27. The van der Waals surface area contributed by atoms with E-state index in [0.717, 1.165) is 26.8 Å². The summed E-state index contributed by atoms with van der Waals surface area (Å²) in [7, 11) is 0. The van der Waals surface area contributed by atoms with E-state index < -0.39 is 0 Å². The van der Waals surface area contributed by atoms with Crippen LogP contribution in [0.3, 0.4) is 0 Å². The van der Waals surface area contributed by atoms with Crippen LogP contribution >= 0.6 is 11.3 Å². The van der Waals surface area contributed by atoms with Crippen molar-refractivity contribution in [1.82, 2.24) is 24.6 Å². The Morgan fingerprint density at radius 1 is 1.06 bits per heavy atom. The lowest BCUT2D eigenvalue weighted by Crippen LogP contribution is -2.30. The molecule has 4 heterocycles. The average molecular weight is 434 g/mol. The summed E-state index contributed by atoms with van der Waals surface area (Å²) >= 11 is 1.64. The molecular formula is C23H20FN5OS. The lowest BCUT2D eigenvalue weighted by atomic mass is 10.1. The summed E-state index contributed by atoms with van der Waals surface area (Å²) in [6.07, 6.45) is 0. The quantitative estimate of drug-likeness (QED) is 0.480. The third kappa shape index (κ3) is 3.74. The molecule has 3 aromatic heterocycles. The van der Waals surface area contributed by atoms with Gasteiger partial charge in [0.05, 0.1) is 40.9 Å². The Morgan fingerprint density at radius 2 is 1.87 bits per heavy atom. The van der Waals surface area contributed by atoms with E-state index in [1.807, 2.05) is 48.2 Å². The predicted octanol–water partition coefficient (Wildman–Crippen LogP) is 4.37. The molecule has 0 radical (unpaired) electrons. The number of pyridine rings is 1. The Hall–Kier alpha value is -3.39. The van der Waals surface area contributed by atoms with E-state index >= 15 is 0 Å². The van der Waals surface area contributed by atoms with Gasteiger partial charge in [0.2, 0.25) is 5.91 Å². The van der Waals surface area contributed by atoms with Gasteiger partial charge in [-0.25, -0.2) is 14.4 Å². The van der Waals surface area contributed by atoms with E-state index in [9.17, 15) is 9.18 Å². The molecule has 0 atom stereocenters. The highest BCUT2D eigenvalue weighted by molar-refractivity contribution is 7.11. The standard InChI is InChI=1S/C23H20FN5OS/c1-14-17(24)8-9-18(25-14)19-10-21(16-6-4-3-5-7-16)29(27-19)13-23(30)28-11-20-22(12-28)31-15(2)26-20/h3-10H,11-13H2,1-2H3. The maximum Gasteiger partial charge on any atom is 0.245 e. The fraction of sp³-hybridized carbons (Fsp3) is 0.217. The first-order chi connectivity index (χ1) is 15.0. The molecule has 0 aliphatic carbocycles. The van der Waals surface area contributed by atoms with Gasteiger partial charge >= 0.3 is 0 Å². The van der Waals surface area contributed by atoms with Crippen molar-refractivity contribution in [3.05, 3.63) is 75.6 Å². The van der Waals surface area contributed by atoms with Crippen LogP contribution < -0.4 is 0 Å². The van der Waals surface area contributed by atoms with Gasteiger partial charge in [-0.15, -0.1) is 11.3 Å². The van der Waals surface area contributed by atoms with Crippen LogP contribution in [0.1, 0.15) is 21.3 Å². The molecule has 1 aromatic carbocycles. The Morgan fingerprint density at radius 3 is 2.61 bits per heavy atom. The number of hydrogen-bond donors (Lipinski definition) is 0. The van der Waals surface area contributed by atoms with Crippen molar-refractivity contribution in [1.29, 1.82) is 0 Å². The van der Waals surface area contributed by atoms with Gasteiger partial charge in [0.1, 0.15) is 18.1 Å². The van der Waals surface area contributed by atoms with Crippen LogP contribution in [-0.2, 0) is 24.4 Å². The number of halogens is 1. The van der Waals surface area contributed by atoms with E-state index in [1.54, 1.807) is 29.0 Å². The molecule has 0 saturated heterocycles. The van der Waals surface area contributed by atoms with Crippen molar-refractivity contribution in [2.45, 2.75) is 33.5 Å². The third-order valence-corrected chi connectivity index (χ3v) is 6.33. The first kappa shape index (κ1) is 19.6. The van der Waals surface area contributed by atoms with Gasteiger partial charge in [-0.2, -0.15) is 5.10 Å². The van der Waals surface area contributed by atoms with Gasteiger partial charge in [0.15, 0.2) is 0 Å². The Kier molecular flexibility index (Phi) is 4.86. The summed E-state index contributed by atoms with van der Waals surface area (Å²) in [5.74, 6) is -0.370. The first-order valence-electron chi connectivity index (χ1n) is 9.97. The fourth-order valence-corrected chi connectivity index (χ4v) is 4.73. The SMILES string of the molecule is Cc1nc2c(s1)CN(C(=O)Cn1nc(-c3ccc(F)c(C)n3)cc1-c1ccccc1)C2. The topological polar surface area (TPSA) is 63.9 Å². The minimum Gasteiger partial charge on any atom is -0.330 e. The molecule has 0 spiro atoms. The molecule has 0 unspecified atom stereocenters. The lowest BCUT2D eigenvalue weighted by molar-refractivity contribution is -0.132. The number of aryl methyl sites for hydroxylation is 2. The smallest absolute Gasteiger partial charge is 0.245 e. The van der Waals surface area contributed by atoms with E-state index in [1.165, 1.54) is 6.07 Å². The number of rotatable bonds is 4. The molecule has 4 aromatic rings. The van der Waals surface area contributed by atoms with Crippen molar-refractivity contribution in [3.63, 3.8) is 0 Å². The summed E-state index contributed by atoms with van der Waals surface area (Å²) in [6, 6.07) is 14.7. The van der Waals surface area contributed by atoms with Gasteiger partial charge in [-0.1, -0.05) is 30.3 Å². The van der Waals surface area contributed by atoms with Crippen molar-refractivity contribution in [2.75, 3.05) is 0 Å². The number of amides is 1. The Bertz CT molecular complexity index is 1260. The molecule has 0 fully saturated rings. The van der Waals surface area contributed by atoms with Gasteiger partial charge in [0.25, 0.3) is 0 Å². The summed E-state index contributed by atoms with van der Waals surface area (Å²) < 4.78 is 15.4. The number of carbonyl (C=O) groups excluding carboxylic acids is 1. The number of thiazole rings is 1. The van der Waals surface area contributed by atoms with Crippen LogP contribution in [0.2, 0.25) is 0 Å². The van der Waals surface area contributed by atoms with Gasteiger partial charge in [-0.05, 0) is 37.6 Å². The zero-order valence-corrected chi connectivity index (χ0v) is 18.0. The van der Waals surface area contributed by atoms with Gasteiger partial charge in [-0.3, -0.25) is 9.48 Å². The minimum atomic E-state index is -0.355. The molecule has 31 heavy (non-hydrogen) atoms. The molecule has 8 heteroatoms. The summed E-state index contributed by atoms with van der Waals surface area (Å²) in [6.45, 7) is 4.84. The maximum atomic E-state index is 13.7. The van der Waals surface area contributed by atoms with Crippen LogP contribution in [0.15, 0.2) is 48.5 Å². The number of nitrogens with zero attached hydrogens (tertiary/aromatic N) is 5. The van der Waals surface area contributed by atoms with Crippen LogP contribution in [-0.4, -0.2) is 30.6 Å². The zero-order chi connectivity index (χ0) is 21.5. The fourth-order valence-electron chi connectivity index (χ4n) is 3.76. The maximum absolute atomic E-state index is 13.7. The highest BCUT2D eigenvalue weighted by Crippen LogP contribution is 2.29. The monoisotopic (exact) mass is 433 g/mol. The number of carbonyl (C=O) groups is 1. The van der Waals surface area contributed by atoms with Crippen molar-refractivity contribution >= 4 is 17.2 Å². The van der Waals surface area contributed by atoms with Crippen LogP contribution in [0.25, 0.3) is 22.6 Å². The molecular weight excluding hydrogens is 413 g/mol. The predicted molar refractivity (Wildman–Crippen MR) is 117 cm³/mol. The van der Waals surface area contributed by atoms with E-state index in [2.05, 4.69) is 15.1 Å². The van der Waals surface area contributed by atoms with E-state index in [-0.39, 0.29) is 18.3 Å². The first-order valence-corrected chi connectivity index (χ1v) is 10.8. The van der Waals surface area contributed by atoms with Crippen LogP contribution in [0.4, 0.5) is 4.39 Å². The van der Waals surface area contributed by atoms with Gasteiger partial charge < -0.3 is 4.90 Å². The largest absolute Gasteiger partial charge is 0.330 e. The molecule has 156 valence electrons. The van der Waals surface area contributed by atoms with Crippen molar-refractivity contribution < 1.29 is 9.18 Å². The number of aromatic nitrogens is 4. The molecule has 1 amide bonds. The molecule has 0 saturated carbocycles. The molecule has 1 aliphatic rings. The normalized spacial score (nSPS) is 12.9. The summed E-state index contributed by atoms with van der Waals surface area (Å²) in [5.41, 5.74) is 4.25. The van der Waals surface area contributed by atoms with Gasteiger partial charge in [0, 0.05) is 4.88 Å². The van der Waals surface area contributed by atoms with Crippen molar-refractivity contribution in [3.8, 4) is 22.6 Å². The van der Waals surface area contributed by atoms with E-state index in [4.69, 9.17) is 0 Å². The van der Waals surface area contributed by atoms with E-state index in [0.29, 0.717) is 30.2 Å². The molecule has 5 rings (SSSR count). The third-order valence-electron chi connectivity index (χ3n) is 5.33. The number of hydrogen-bond acceptors (Lipinski definition) is 5. The second-order valence-electron chi connectivity index (χ2n) is 7.55. The Balaban J connectivity index is 1.46. The van der Waals surface area contributed by atoms with Crippen LogP contribution in [0.5, 0.6) is 0 Å². The second-order valence-corrected chi connectivity index (χ2v) is 8.84. The van der Waals surface area contributed by atoms with Crippen LogP contribution in [0, 0.1) is 19.7 Å². The molecule has 0 N–H and O–H groups in total. The zero-order valence-electron chi connectivity index (χ0n) is 17.2. The molecule has 6 nitrogen and oxygen atoms in total.